The Morgan fingerprint density at radius 3 is 2.72 bits per heavy atom. The molecule has 1 saturated carbocycles. The Morgan fingerprint density at radius 2 is 2.00 bits per heavy atom. The highest BCUT2D eigenvalue weighted by molar-refractivity contribution is 9.10. The average Bonchev–Trinajstić information content (AvgIpc) is 3.05. The van der Waals surface area contributed by atoms with Gasteiger partial charge < -0.3 is 15.0 Å². The molecule has 0 unspecified atom stereocenters. The molecule has 2 aromatic carbocycles. The number of fused-ring (bicyclic) bond motifs is 1. The van der Waals surface area contributed by atoms with Gasteiger partial charge in [-0.25, -0.2) is 9.18 Å². The molecule has 0 spiro atoms. The van der Waals surface area contributed by atoms with Crippen molar-refractivity contribution in [3.05, 3.63) is 57.2 Å². The number of nitrogens with zero attached hydrogens (tertiary/aromatic N) is 1. The molecular weight excluding hydrogens is 441 g/mol. The van der Waals surface area contributed by atoms with Crippen LogP contribution in [0.4, 0.5) is 10.1 Å². The van der Waals surface area contributed by atoms with Crippen LogP contribution < -0.4 is 15.7 Å². The van der Waals surface area contributed by atoms with E-state index in [0.29, 0.717) is 24.3 Å². The highest BCUT2D eigenvalue weighted by Gasteiger charge is 2.29. The predicted molar refractivity (Wildman–Crippen MR) is 113 cm³/mol. The van der Waals surface area contributed by atoms with Crippen LogP contribution in [0.15, 0.2) is 45.7 Å². The van der Waals surface area contributed by atoms with E-state index >= 15 is 0 Å². The van der Waals surface area contributed by atoms with Crippen LogP contribution in [0.3, 0.4) is 0 Å². The molecule has 2 N–H and O–H groups in total. The Morgan fingerprint density at radius 1 is 1.24 bits per heavy atom. The van der Waals surface area contributed by atoms with E-state index in [1.807, 2.05) is 18.2 Å². The average molecular weight is 462 g/mol. The highest BCUT2D eigenvalue weighted by atomic mass is 79.9. The SMILES string of the molecule is COc1cc(F)cc(NC(=O)C2CCC(n3c(=O)[nH]c4c(Br)cccc43)CC2)c1. The summed E-state index contributed by atoms with van der Waals surface area (Å²) in [5.74, 6) is -0.416. The molecule has 1 aliphatic carbocycles. The van der Waals surface area contributed by atoms with E-state index in [9.17, 15) is 14.0 Å². The van der Waals surface area contributed by atoms with Gasteiger partial charge in [0.1, 0.15) is 11.6 Å². The molecule has 0 saturated heterocycles. The lowest BCUT2D eigenvalue weighted by molar-refractivity contribution is -0.121. The van der Waals surface area contributed by atoms with Gasteiger partial charge in [0, 0.05) is 34.3 Å². The Hall–Kier alpha value is -2.61. The van der Waals surface area contributed by atoms with E-state index in [2.05, 4.69) is 26.2 Å². The van der Waals surface area contributed by atoms with Crippen molar-refractivity contribution < 1.29 is 13.9 Å². The summed E-state index contributed by atoms with van der Waals surface area (Å²) >= 11 is 3.47. The van der Waals surface area contributed by atoms with Crippen molar-refractivity contribution in [3.8, 4) is 5.75 Å². The number of carbonyl (C=O) groups excluding carboxylic acids is 1. The van der Waals surface area contributed by atoms with E-state index in [1.165, 1.54) is 19.2 Å². The number of benzene rings is 2. The molecule has 4 rings (SSSR count). The topological polar surface area (TPSA) is 76.1 Å². The molecule has 1 fully saturated rings. The Labute approximate surface area is 175 Å². The molecule has 1 heterocycles. The molecule has 6 nitrogen and oxygen atoms in total. The molecule has 0 aliphatic heterocycles. The zero-order valence-electron chi connectivity index (χ0n) is 15.9. The monoisotopic (exact) mass is 461 g/mol. The number of para-hydroxylation sites is 1. The summed E-state index contributed by atoms with van der Waals surface area (Å²) < 4.78 is 21.3. The van der Waals surface area contributed by atoms with Crippen LogP contribution in [0.5, 0.6) is 5.75 Å². The second-order valence-electron chi connectivity index (χ2n) is 7.31. The van der Waals surface area contributed by atoms with Crippen LogP contribution in [-0.2, 0) is 4.79 Å². The zero-order chi connectivity index (χ0) is 20.5. The molecule has 29 heavy (non-hydrogen) atoms. The standard InChI is InChI=1S/C21H21BrFN3O3/c1-29-16-10-13(23)9-14(11-16)24-20(27)12-5-7-15(8-6-12)26-18-4-2-3-17(22)19(18)25-21(26)28/h2-4,9-12,15H,5-8H2,1H3,(H,24,27)(H,25,28). The van der Waals surface area contributed by atoms with E-state index < -0.39 is 5.82 Å². The molecule has 1 amide bonds. The van der Waals surface area contributed by atoms with E-state index in [4.69, 9.17) is 4.74 Å². The van der Waals surface area contributed by atoms with Crippen LogP contribution in [0.1, 0.15) is 31.7 Å². The lowest BCUT2D eigenvalue weighted by atomic mass is 9.85. The number of aromatic nitrogens is 2. The van der Waals surface area contributed by atoms with Gasteiger partial charge in [-0.1, -0.05) is 6.07 Å². The minimum Gasteiger partial charge on any atom is -0.497 e. The first-order valence-corrected chi connectivity index (χ1v) is 10.3. The van der Waals surface area contributed by atoms with Crippen LogP contribution in [0.2, 0.25) is 0 Å². The first kappa shape index (κ1) is 19.7. The van der Waals surface area contributed by atoms with Gasteiger partial charge in [0.2, 0.25) is 5.91 Å². The number of aromatic amines is 1. The molecule has 1 aromatic heterocycles. The fourth-order valence-electron chi connectivity index (χ4n) is 4.07. The number of carbonyl (C=O) groups is 1. The molecule has 3 aromatic rings. The molecular formula is C21H21BrFN3O3. The summed E-state index contributed by atoms with van der Waals surface area (Å²) in [6, 6.07) is 9.90. The Bertz CT molecular complexity index is 1120. The number of imidazole rings is 1. The normalized spacial score (nSPS) is 19.3. The molecule has 0 bridgehead atoms. The number of halogens is 2. The van der Waals surface area contributed by atoms with Gasteiger partial charge in [-0.2, -0.15) is 0 Å². The number of hydrogen-bond donors (Lipinski definition) is 2. The maximum Gasteiger partial charge on any atom is 0.326 e. The van der Waals surface area contributed by atoms with Crippen LogP contribution in [0, 0.1) is 11.7 Å². The number of hydrogen-bond acceptors (Lipinski definition) is 3. The first-order valence-electron chi connectivity index (χ1n) is 9.50. The van der Waals surface area contributed by atoms with E-state index in [0.717, 1.165) is 28.3 Å². The van der Waals surface area contributed by atoms with Crippen molar-refractivity contribution >= 4 is 38.6 Å². The maximum atomic E-state index is 13.6. The molecule has 0 atom stereocenters. The van der Waals surface area contributed by atoms with Gasteiger partial charge in [0.05, 0.1) is 18.1 Å². The molecule has 0 radical (unpaired) electrons. The second-order valence-corrected chi connectivity index (χ2v) is 8.16. The lowest BCUT2D eigenvalue weighted by Gasteiger charge is -2.28. The largest absolute Gasteiger partial charge is 0.497 e. The van der Waals surface area contributed by atoms with Gasteiger partial charge in [0.25, 0.3) is 0 Å². The minimum absolute atomic E-state index is 0.0452. The van der Waals surface area contributed by atoms with Crippen molar-refractivity contribution in [1.82, 2.24) is 9.55 Å². The fourth-order valence-corrected chi connectivity index (χ4v) is 4.52. The number of methoxy groups -OCH3 is 1. The summed E-state index contributed by atoms with van der Waals surface area (Å²) in [6.45, 7) is 0. The zero-order valence-corrected chi connectivity index (χ0v) is 17.5. The van der Waals surface area contributed by atoms with Crippen LogP contribution >= 0.6 is 15.9 Å². The van der Waals surface area contributed by atoms with E-state index in [1.54, 1.807) is 10.6 Å². The summed E-state index contributed by atoms with van der Waals surface area (Å²) in [7, 11) is 1.45. The highest BCUT2D eigenvalue weighted by Crippen LogP contribution is 2.34. The number of rotatable bonds is 4. The third kappa shape index (κ3) is 3.94. The van der Waals surface area contributed by atoms with E-state index in [-0.39, 0.29) is 23.6 Å². The summed E-state index contributed by atoms with van der Waals surface area (Å²) in [5.41, 5.74) is 1.90. The number of H-pyrrole nitrogens is 1. The van der Waals surface area contributed by atoms with Crippen LogP contribution in [-0.4, -0.2) is 22.6 Å². The summed E-state index contributed by atoms with van der Waals surface area (Å²) in [5, 5.41) is 2.79. The quantitative estimate of drug-likeness (QED) is 0.595. The molecule has 1 aliphatic rings. The number of ether oxygens (including phenoxy) is 1. The van der Waals surface area contributed by atoms with Gasteiger partial charge in [-0.15, -0.1) is 0 Å². The fraction of sp³-hybridized carbons (Fsp3) is 0.333. The third-order valence-corrected chi connectivity index (χ3v) is 6.17. The van der Waals surface area contributed by atoms with Gasteiger partial charge in [-0.05, 0) is 59.8 Å². The summed E-state index contributed by atoms with van der Waals surface area (Å²) in [6.07, 6.45) is 2.78. The number of nitrogens with one attached hydrogen (secondary N) is 2. The Kier molecular flexibility index (Phi) is 5.45. The van der Waals surface area contributed by atoms with Gasteiger partial charge >= 0.3 is 5.69 Å². The smallest absolute Gasteiger partial charge is 0.326 e. The van der Waals surface area contributed by atoms with Gasteiger partial charge in [0.15, 0.2) is 0 Å². The minimum atomic E-state index is -0.465. The van der Waals surface area contributed by atoms with Crippen molar-refractivity contribution in [1.29, 1.82) is 0 Å². The van der Waals surface area contributed by atoms with Crippen molar-refractivity contribution in [3.63, 3.8) is 0 Å². The molecule has 152 valence electrons. The first-order chi connectivity index (χ1) is 14.0. The van der Waals surface area contributed by atoms with Crippen LogP contribution in [0.25, 0.3) is 11.0 Å². The third-order valence-electron chi connectivity index (χ3n) is 5.51. The molecule has 8 heteroatoms. The maximum absolute atomic E-state index is 13.6. The number of amides is 1. The number of anilines is 1. The Balaban J connectivity index is 1.45. The van der Waals surface area contributed by atoms with Crippen molar-refractivity contribution in [2.45, 2.75) is 31.7 Å². The lowest BCUT2D eigenvalue weighted by Crippen LogP contribution is -2.31. The van der Waals surface area contributed by atoms with Crippen molar-refractivity contribution in [2.75, 3.05) is 12.4 Å². The van der Waals surface area contributed by atoms with Crippen molar-refractivity contribution in [2.24, 2.45) is 5.92 Å². The second kappa shape index (κ2) is 8.02. The van der Waals surface area contributed by atoms with Gasteiger partial charge in [-0.3, -0.25) is 9.36 Å². The summed E-state index contributed by atoms with van der Waals surface area (Å²) in [4.78, 5) is 28.0. The predicted octanol–water partition coefficient (Wildman–Crippen LogP) is 4.61.